The first-order valence-electron chi connectivity index (χ1n) is 7.07. The molecule has 3 N–H and O–H groups in total. The quantitative estimate of drug-likeness (QED) is 0.659. The Labute approximate surface area is 119 Å². The number of rotatable bonds is 5. The van der Waals surface area contributed by atoms with E-state index in [-0.39, 0.29) is 0 Å². The maximum Gasteiger partial charge on any atom is 0.328 e. The monoisotopic (exact) mass is 287 g/mol. The minimum atomic E-state index is -1.27. The summed E-state index contributed by atoms with van der Waals surface area (Å²) in [5.74, 6) is -1.23. The molecule has 0 aromatic carbocycles. The van der Waals surface area contributed by atoms with Gasteiger partial charge in [0.15, 0.2) is 6.04 Å². The van der Waals surface area contributed by atoms with E-state index in [9.17, 15) is 14.7 Å². The van der Waals surface area contributed by atoms with Crippen molar-refractivity contribution in [3.05, 3.63) is 0 Å². The lowest BCUT2D eigenvalue weighted by molar-refractivity contribution is -0.141. The molecule has 7 heteroatoms. The van der Waals surface area contributed by atoms with Gasteiger partial charge in [0.05, 0.1) is 6.10 Å². The third-order valence-electron chi connectivity index (χ3n) is 3.84. The van der Waals surface area contributed by atoms with E-state index in [1.165, 1.54) is 6.92 Å². The van der Waals surface area contributed by atoms with Crippen LogP contribution in [0.15, 0.2) is 0 Å². The lowest BCUT2D eigenvalue weighted by Gasteiger charge is -2.38. The van der Waals surface area contributed by atoms with E-state index in [0.29, 0.717) is 19.1 Å². The van der Waals surface area contributed by atoms with Crippen LogP contribution in [0.5, 0.6) is 0 Å². The van der Waals surface area contributed by atoms with Gasteiger partial charge in [-0.3, -0.25) is 4.90 Å². The number of carbonyl (C=O) groups is 2. The van der Waals surface area contributed by atoms with E-state index < -0.39 is 24.1 Å². The number of aliphatic hydroxyl groups is 1. The van der Waals surface area contributed by atoms with Gasteiger partial charge in [0.25, 0.3) is 0 Å². The van der Waals surface area contributed by atoms with Gasteiger partial charge in [0.2, 0.25) is 0 Å². The van der Waals surface area contributed by atoms with E-state index in [4.69, 9.17) is 5.11 Å². The fraction of sp³-hybridized carbons (Fsp3) is 0.846. The number of aliphatic carboxylic acids is 1. The highest BCUT2D eigenvalue weighted by atomic mass is 16.4. The van der Waals surface area contributed by atoms with E-state index >= 15 is 0 Å². The smallest absolute Gasteiger partial charge is 0.328 e. The number of hydrogen-bond acceptors (Lipinski definition) is 4. The predicted molar refractivity (Wildman–Crippen MR) is 74.5 cm³/mol. The van der Waals surface area contributed by atoms with Crippen molar-refractivity contribution in [2.24, 2.45) is 0 Å². The first-order valence-corrected chi connectivity index (χ1v) is 7.07. The molecule has 0 radical (unpaired) electrons. The molecule has 116 valence electrons. The molecule has 1 rings (SSSR count). The van der Waals surface area contributed by atoms with Crippen LogP contribution in [0.3, 0.4) is 0 Å². The number of carboxylic acid groups (broad SMARTS) is 1. The zero-order valence-corrected chi connectivity index (χ0v) is 12.4. The fourth-order valence-electron chi connectivity index (χ4n) is 2.24. The Morgan fingerprint density at radius 3 is 2.15 bits per heavy atom. The fourth-order valence-corrected chi connectivity index (χ4v) is 2.24. The lowest BCUT2D eigenvalue weighted by Crippen LogP contribution is -2.57. The summed E-state index contributed by atoms with van der Waals surface area (Å²) in [6, 6.07) is -1.21. The molecule has 0 bridgehead atoms. The van der Waals surface area contributed by atoms with Crippen molar-refractivity contribution >= 4 is 12.0 Å². The molecule has 3 unspecified atom stereocenters. The second-order valence-corrected chi connectivity index (χ2v) is 5.29. The van der Waals surface area contributed by atoms with Crippen LogP contribution >= 0.6 is 0 Å². The molecule has 0 aromatic heterocycles. The molecule has 1 heterocycles. The molecule has 1 aliphatic heterocycles. The second-order valence-electron chi connectivity index (χ2n) is 5.29. The number of carbonyl (C=O) groups excluding carboxylic acids is 1. The van der Waals surface area contributed by atoms with Crippen LogP contribution in [0, 0.1) is 0 Å². The van der Waals surface area contributed by atoms with Crippen molar-refractivity contribution in [1.82, 2.24) is 15.1 Å². The maximum atomic E-state index is 12.0. The first-order chi connectivity index (χ1) is 9.36. The van der Waals surface area contributed by atoms with Crippen molar-refractivity contribution in [3.63, 3.8) is 0 Å². The van der Waals surface area contributed by atoms with Gasteiger partial charge >= 0.3 is 12.0 Å². The Morgan fingerprint density at radius 1 is 1.20 bits per heavy atom. The van der Waals surface area contributed by atoms with Crippen molar-refractivity contribution in [2.75, 3.05) is 26.2 Å². The van der Waals surface area contributed by atoms with E-state index in [2.05, 4.69) is 24.1 Å². The Kier molecular flexibility index (Phi) is 6.22. The van der Waals surface area contributed by atoms with Gasteiger partial charge in [-0.25, -0.2) is 9.59 Å². The van der Waals surface area contributed by atoms with Crippen LogP contribution in [0.2, 0.25) is 0 Å². The zero-order valence-electron chi connectivity index (χ0n) is 12.4. The molecular weight excluding hydrogens is 262 g/mol. The summed E-state index contributed by atoms with van der Waals surface area (Å²) >= 11 is 0. The molecular formula is C13H25N3O4. The normalized spacial score (nSPS) is 21.1. The van der Waals surface area contributed by atoms with Crippen LogP contribution in [-0.2, 0) is 4.79 Å². The van der Waals surface area contributed by atoms with Crippen molar-refractivity contribution in [2.45, 2.75) is 45.4 Å². The van der Waals surface area contributed by atoms with Crippen molar-refractivity contribution in [1.29, 1.82) is 0 Å². The number of piperazine rings is 1. The average molecular weight is 287 g/mol. The van der Waals surface area contributed by atoms with Gasteiger partial charge in [-0.1, -0.05) is 6.92 Å². The number of nitrogens with one attached hydrogen (secondary N) is 1. The van der Waals surface area contributed by atoms with Crippen LogP contribution in [-0.4, -0.2) is 76.4 Å². The molecule has 7 nitrogen and oxygen atoms in total. The first kappa shape index (κ1) is 16.7. The van der Waals surface area contributed by atoms with Gasteiger partial charge < -0.3 is 20.4 Å². The Morgan fingerprint density at radius 2 is 1.75 bits per heavy atom. The van der Waals surface area contributed by atoms with Crippen molar-refractivity contribution < 1.29 is 19.8 Å². The summed E-state index contributed by atoms with van der Waals surface area (Å²) in [6.45, 7) is 8.35. The second kappa shape index (κ2) is 7.44. The molecule has 1 fully saturated rings. The van der Waals surface area contributed by atoms with Crippen LogP contribution in [0.4, 0.5) is 4.79 Å². The molecule has 0 aliphatic carbocycles. The summed E-state index contributed by atoms with van der Waals surface area (Å²) in [4.78, 5) is 26.8. The van der Waals surface area contributed by atoms with Crippen LogP contribution in [0.25, 0.3) is 0 Å². The summed E-state index contributed by atoms with van der Waals surface area (Å²) < 4.78 is 0. The summed E-state index contributed by atoms with van der Waals surface area (Å²) in [5.41, 5.74) is 0. The minimum absolute atomic E-state index is 0.429. The molecule has 0 spiro atoms. The summed E-state index contributed by atoms with van der Waals surface area (Å²) in [7, 11) is 0. The van der Waals surface area contributed by atoms with Gasteiger partial charge in [-0.2, -0.15) is 0 Å². The number of amides is 2. The molecule has 2 amide bonds. The summed E-state index contributed by atoms with van der Waals surface area (Å²) in [5, 5.41) is 20.7. The standard InChI is InChI=1S/C13H25N3O4/c1-4-9(2)15-5-7-16(8-6-15)13(20)14-11(10(3)17)12(18)19/h9-11,17H,4-8H2,1-3H3,(H,14,20)(H,18,19). The molecule has 0 aromatic rings. The zero-order chi connectivity index (χ0) is 15.3. The highest BCUT2D eigenvalue weighted by Crippen LogP contribution is 2.09. The number of urea groups is 1. The van der Waals surface area contributed by atoms with E-state index in [1.807, 2.05) is 0 Å². The maximum absolute atomic E-state index is 12.0. The minimum Gasteiger partial charge on any atom is -0.480 e. The number of nitrogens with zero attached hydrogens (tertiary/aromatic N) is 2. The predicted octanol–water partition coefficient (Wildman–Crippen LogP) is -0.0539. The topological polar surface area (TPSA) is 93.1 Å². The highest BCUT2D eigenvalue weighted by Gasteiger charge is 2.29. The van der Waals surface area contributed by atoms with E-state index in [0.717, 1.165) is 19.5 Å². The SMILES string of the molecule is CCC(C)N1CCN(C(=O)NC(C(=O)O)C(C)O)CC1. The number of aliphatic hydroxyl groups excluding tert-OH is 1. The molecule has 3 atom stereocenters. The third-order valence-corrected chi connectivity index (χ3v) is 3.84. The third kappa shape index (κ3) is 4.35. The van der Waals surface area contributed by atoms with Crippen LogP contribution < -0.4 is 5.32 Å². The van der Waals surface area contributed by atoms with Crippen LogP contribution in [0.1, 0.15) is 27.2 Å². The number of hydrogen-bond donors (Lipinski definition) is 3. The molecule has 1 aliphatic rings. The molecule has 0 saturated carbocycles. The van der Waals surface area contributed by atoms with Gasteiger partial charge in [0.1, 0.15) is 0 Å². The largest absolute Gasteiger partial charge is 0.480 e. The lowest BCUT2D eigenvalue weighted by atomic mass is 10.2. The van der Waals surface area contributed by atoms with Gasteiger partial charge in [-0.05, 0) is 20.3 Å². The Balaban J connectivity index is 2.48. The van der Waals surface area contributed by atoms with Crippen molar-refractivity contribution in [3.8, 4) is 0 Å². The molecule has 1 saturated heterocycles. The van der Waals surface area contributed by atoms with Gasteiger partial charge in [0, 0.05) is 32.2 Å². The highest BCUT2D eigenvalue weighted by molar-refractivity contribution is 5.83. The van der Waals surface area contributed by atoms with Gasteiger partial charge in [-0.15, -0.1) is 0 Å². The van der Waals surface area contributed by atoms with E-state index in [1.54, 1.807) is 4.90 Å². The summed E-state index contributed by atoms with van der Waals surface area (Å²) in [6.07, 6.45) is -0.0622. The Bertz CT molecular complexity index is 341. The molecule has 20 heavy (non-hydrogen) atoms. The average Bonchev–Trinajstić information content (AvgIpc) is 2.43. The Hall–Kier alpha value is -1.34. The number of carboxylic acids is 1.